The van der Waals surface area contributed by atoms with Crippen molar-refractivity contribution >= 4 is 40.5 Å². The van der Waals surface area contributed by atoms with Crippen LogP contribution in [0.3, 0.4) is 0 Å². The SMILES string of the molecule is CN(C)C(=O)CCNc1cc(Cl)c(Cl)cc1N. The lowest BCUT2D eigenvalue weighted by atomic mass is 10.2. The lowest BCUT2D eigenvalue weighted by Gasteiger charge is -2.13. The van der Waals surface area contributed by atoms with Crippen LogP contribution in [0.4, 0.5) is 11.4 Å². The van der Waals surface area contributed by atoms with Crippen molar-refractivity contribution in [3.05, 3.63) is 22.2 Å². The molecular weight excluding hydrogens is 261 g/mol. The third-order valence-electron chi connectivity index (χ3n) is 2.25. The minimum absolute atomic E-state index is 0.0520. The van der Waals surface area contributed by atoms with Gasteiger partial charge < -0.3 is 16.0 Å². The molecule has 0 unspecified atom stereocenters. The summed E-state index contributed by atoms with van der Waals surface area (Å²) >= 11 is 11.7. The number of carbonyl (C=O) groups excluding carboxylic acids is 1. The Balaban J connectivity index is 2.58. The molecule has 1 amide bonds. The molecule has 0 aliphatic carbocycles. The molecule has 1 aromatic rings. The average molecular weight is 276 g/mol. The molecular formula is C11H15Cl2N3O. The van der Waals surface area contributed by atoms with Crippen LogP contribution in [0, 0.1) is 0 Å². The second kappa shape index (κ2) is 5.98. The fourth-order valence-corrected chi connectivity index (χ4v) is 1.58. The zero-order valence-corrected chi connectivity index (χ0v) is 11.3. The summed E-state index contributed by atoms with van der Waals surface area (Å²) in [5, 5.41) is 3.90. The highest BCUT2D eigenvalue weighted by atomic mass is 35.5. The first-order valence-corrected chi connectivity index (χ1v) is 5.86. The van der Waals surface area contributed by atoms with Crippen molar-refractivity contribution < 1.29 is 4.79 Å². The van der Waals surface area contributed by atoms with Crippen LogP contribution in [0.25, 0.3) is 0 Å². The Morgan fingerprint density at radius 1 is 1.35 bits per heavy atom. The number of nitrogens with zero attached hydrogens (tertiary/aromatic N) is 1. The number of carbonyl (C=O) groups is 1. The van der Waals surface area contributed by atoms with Crippen LogP contribution in [-0.4, -0.2) is 31.4 Å². The molecule has 0 aliphatic heterocycles. The van der Waals surface area contributed by atoms with Gasteiger partial charge in [-0.05, 0) is 12.1 Å². The summed E-state index contributed by atoms with van der Waals surface area (Å²) in [7, 11) is 3.44. The van der Waals surface area contributed by atoms with Crippen LogP contribution in [-0.2, 0) is 4.79 Å². The number of nitrogens with one attached hydrogen (secondary N) is 1. The van der Waals surface area contributed by atoms with Gasteiger partial charge in [0, 0.05) is 27.1 Å². The molecule has 0 aliphatic rings. The summed E-state index contributed by atoms with van der Waals surface area (Å²) in [6.07, 6.45) is 0.396. The molecule has 0 aromatic heterocycles. The van der Waals surface area contributed by atoms with Gasteiger partial charge in [0.15, 0.2) is 0 Å². The molecule has 0 atom stereocenters. The highest BCUT2D eigenvalue weighted by Gasteiger charge is 2.06. The van der Waals surface area contributed by atoms with Gasteiger partial charge in [-0.2, -0.15) is 0 Å². The van der Waals surface area contributed by atoms with Gasteiger partial charge >= 0.3 is 0 Å². The molecule has 6 heteroatoms. The maximum Gasteiger partial charge on any atom is 0.223 e. The van der Waals surface area contributed by atoms with Crippen molar-refractivity contribution in [2.75, 3.05) is 31.7 Å². The first-order valence-electron chi connectivity index (χ1n) is 5.10. The molecule has 0 spiro atoms. The van der Waals surface area contributed by atoms with E-state index in [0.29, 0.717) is 34.4 Å². The first kappa shape index (κ1) is 13.9. The molecule has 0 saturated carbocycles. The van der Waals surface area contributed by atoms with Crippen molar-refractivity contribution in [1.29, 1.82) is 0 Å². The Labute approximate surface area is 111 Å². The lowest BCUT2D eigenvalue weighted by Crippen LogP contribution is -2.24. The van der Waals surface area contributed by atoms with Gasteiger partial charge in [0.25, 0.3) is 0 Å². The number of nitrogen functional groups attached to an aromatic ring is 1. The van der Waals surface area contributed by atoms with Crippen molar-refractivity contribution in [3.63, 3.8) is 0 Å². The molecule has 1 aromatic carbocycles. The van der Waals surface area contributed by atoms with E-state index in [0.717, 1.165) is 0 Å². The topological polar surface area (TPSA) is 58.4 Å². The van der Waals surface area contributed by atoms with E-state index in [1.165, 1.54) is 0 Å². The van der Waals surface area contributed by atoms with Crippen LogP contribution in [0.2, 0.25) is 10.0 Å². The number of rotatable bonds is 4. The number of halogens is 2. The molecule has 3 N–H and O–H groups in total. The van der Waals surface area contributed by atoms with E-state index in [-0.39, 0.29) is 5.91 Å². The summed E-state index contributed by atoms with van der Waals surface area (Å²) in [5.41, 5.74) is 6.96. The Hall–Kier alpha value is -1.13. The molecule has 0 saturated heterocycles. The molecule has 94 valence electrons. The van der Waals surface area contributed by atoms with E-state index in [4.69, 9.17) is 28.9 Å². The number of hydrogen-bond donors (Lipinski definition) is 2. The summed E-state index contributed by atoms with van der Waals surface area (Å²) in [6, 6.07) is 3.24. The van der Waals surface area contributed by atoms with Crippen molar-refractivity contribution in [1.82, 2.24) is 4.90 Å². The molecule has 0 radical (unpaired) electrons. The smallest absolute Gasteiger partial charge is 0.223 e. The number of benzene rings is 1. The van der Waals surface area contributed by atoms with Crippen molar-refractivity contribution in [2.24, 2.45) is 0 Å². The first-order chi connectivity index (χ1) is 7.91. The minimum atomic E-state index is 0.0520. The predicted octanol–water partition coefficient (Wildman–Crippen LogP) is 2.47. The average Bonchev–Trinajstić information content (AvgIpc) is 2.25. The number of hydrogen-bond acceptors (Lipinski definition) is 3. The Bertz CT molecular complexity index is 421. The maximum atomic E-state index is 11.3. The summed E-state index contributed by atoms with van der Waals surface area (Å²) in [5.74, 6) is 0.0520. The third kappa shape index (κ3) is 3.98. The van der Waals surface area contributed by atoms with Gasteiger partial charge in [0.2, 0.25) is 5.91 Å². The number of amides is 1. The van der Waals surface area contributed by atoms with Crippen LogP contribution < -0.4 is 11.1 Å². The van der Waals surface area contributed by atoms with Gasteiger partial charge in [0.1, 0.15) is 0 Å². The Kier molecular flexibility index (Phi) is 4.90. The van der Waals surface area contributed by atoms with Crippen LogP contribution in [0.5, 0.6) is 0 Å². The van der Waals surface area contributed by atoms with Crippen LogP contribution >= 0.6 is 23.2 Å². The summed E-state index contributed by atoms with van der Waals surface area (Å²) < 4.78 is 0. The molecule has 0 fully saturated rings. The van der Waals surface area contributed by atoms with E-state index < -0.39 is 0 Å². The van der Waals surface area contributed by atoms with Gasteiger partial charge in [-0.3, -0.25) is 4.79 Å². The Morgan fingerprint density at radius 3 is 2.53 bits per heavy atom. The van der Waals surface area contributed by atoms with E-state index in [2.05, 4.69) is 5.32 Å². The lowest BCUT2D eigenvalue weighted by molar-refractivity contribution is -0.128. The van der Waals surface area contributed by atoms with Gasteiger partial charge in [-0.15, -0.1) is 0 Å². The van der Waals surface area contributed by atoms with E-state index in [1.54, 1.807) is 31.1 Å². The monoisotopic (exact) mass is 275 g/mol. The zero-order valence-electron chi connectivity index (χ0n) is 9.76. The van der Waals surface area contributed by atoms with E-state index >= 15 is 0 Å². The summed E-state index contributed by atoms with van der Waals surface area (Å²) in [4.78, 5) is 12.9. The second-order valence-corrected chi connectivity index (χ2v) is 4.63. The number of anilines is 2. The molecule has 17 heavy (non-hydrogen) atoms. The van der Waals surface area contributed by atoms with E-state index in [1.807, 2.05) is 0 Å². The zero-order chi connectivity index (χ0) is 13.0. The summed E-state index contributed by atoms with van der Waals surface area (Å²) in [6.45, 7) is 0.499. The number of nitrogens with two attached hydrogens (primary N) is 1. The fourth-order valence-electron chi connectivity index (χ4n) is 1.24. The van der Waals surface area contributed by atoms with Crippen molar-refractivity contribution in [3.8, 4) is 0 Å². The largest absolute Gasteiger partial charge is 0.397 e. The Morgan fingerprint density at radius 2 is 1.94 bits per heavy atom. The van der Waals surface area contributed by atoms with Gasteiger partial charge in [-0.25, -0.2) is 0 Å². The molecule has 0 bridgehead atoms. The normalized spacial score (nSPS) is 10.1. The van der Waals surface area contributed by atoms with Crippen LogP contribution in [0.15, 0.2) is 12.1 Å². The van der Waals surface area contributed by atoms with Crippen molar-refractivity contribution in [2.45, 2.75) is 6.42 Å². The molecule has 1 rings (SSSR count). The maximum absolute atomic E-state index is 11.3. The van der Waals surface area contributed by atoms with Gasteiger partial charge in [-0.1, -0.05) is 23.2 Å². The van der Waals surface area contributed by atoms with Gasteiger partial charge in [0.05, 0.1) is 21.4 Å². The second-order valence-electron chi connectivity index (χ2n) is 3.82. The highest BCUT2D eigenvalue weighted by Crippen LogP contribution is 2.30. The highest BCUT2D eigenvalue weighted by molar-refractivity contribution is 6.42. The third-order valence-corrected chi connectivity index (χ3v) is 2.97. The fraction of sp³-hybridized carbons (Fsp3) is 0.364. The van der Waals surface area contributed by atoms with E-state index in [9.17, 15) is 4.79 Å². The minimum Gasteiger partial charge on any atom is -0.397 e. The molecule has 4 nitrogen and oxygen atoms in total. The predicted molar refractivity (Wildman–Crippen MR) is 72.7 cm³/mol. The quantitative estimate of drug-likeness (QED) is 0.830. The standard InChI is InChI=1S/C11H15Cl2N3O/c1-16(2)11(17)3-4-15-10-6-8(13)7(12)5-9(10)14/h5-6,15H,3-4,14H2,1-2H3. The van der Waals surface area contributed by atoms with Crippen LogP contribution in [0.1, 0.15) is 6.42 Å². The molecule has 0 heterocycles.